The van der Waals surface area contributed by atoms with Crippen molar-refractivity contribution in [3.63, 3.8) is 0 Å². The molecule has 1 aliphatic carbocycles. The van der Waals surface area contributed by atoms with Gasteiger partial charge in [-0.05, 0) is 48.9 Å². The topological polar surface area (TPSA) is 12.0 Å². The number of benzene rings is 1. The first-order chi connectivity index (χ1) is 10.5. The molecule has 2 rings (SSSR count). The maximum atomic E-state index is 13.8. The monoisotopic (exact) mass is 323 g/mol. The fraction of sp³-hybridized carbons (Fsp3) is 0.579. The zero-order valence-electron chi connectivity index (χ0n) is 13.7. The van der Waals surface area contributed by atoms with Crippen LogP contribution in [0.25, 0.3) is 0 Å². The molecule has 0 radical (unpaired) electrons. The Morgan fingerprint density at radius 2 is 2.05 bits per heavy atom. The van der Waals surface area contributed by atoms with E-state index in [1.54, 1.807) is 12.1 Å². The van der Waals surface area contributed by atoms with E-state index in [0.29, 0.717) is 5.92 Å². The largest absolute Gasteiger partial charge is 0.316 e. The molecule has 1 fully saturated rings. The minimum Gasteiger partial charge on any atom is -0.316 e. The van der Waals surface area contributed by atoms with Crippen LogP contribution in [0.2, 0.25) is 5.02 Å². The van der Waals surface area contributed by atoms with Crippen molar-refractivity contribution in [2.45, 2.75) is 45.4 Å². The summed E-state index contributed by atoms with van der Waals surface area (Å²) in [5.74, 6) is 0.955. The number of hydrogen-bond acceptors (Lipinski definition) is 1. The normalized spacial score (nSPS) is 17.1. The first kappa shape index (κ1) is 17.5. The van der Waals surface area contributed by atoms with E-state index in [0.717, 1.165) is 30.1 Å². The molecule has 22 heavy (non-hydrogen) atoms. The lowest BCUT2D eigenvalue weighted by atomic mass is 9.85. The molecule has 0 amide bonds. The van der Waals surface area contributed by atoms with Gasteiger partial charge in [0.05, 0.1) is 5.02 Å². The van der Waals surface area contributed by atoms with Crippen molar-refractivity contribution >= 4 is 11.6 Å². The average Bonchev–Trinajstić information content (AvgIpc) is 2.99. The summed E-state index contributed by atoms with van der Waals surface area (Å²) in [5, 5.41) is 3.76. The van der Waals surface area contributed by atoms with E-state index in [1.165, 1.54) is 25.7 Å². The molecular weight excluding hydrogens is 297 g/mol. The number of hydrogen-bond donors (Lipinski definition) is 1. The molecule has 0 unspecified atom stereocenters. The summed E-state index contributed by atoms with van der Waals surface area (Å²) in [6, 6.07) is 5.11. The van der Waals surface area contributed by atoms with Gasteiger partial charge in [0, 0.05) is 12.5 Å². The van der Waals surface area contributed by atoms with Crippen LogP contribution in [0.1, 0.15) is 51.0 Å². The molecule has 0 heterocycles. The van der Waals surface area contributed by atoms with Gasteiger partial charge in [-0.2, -0.15) is 0 Å². The van der Waals surface area contributed by atoms with Crippen molar-refractivity contribution in [3.05, 3.63) is 46.8 Å². The maximum Gasteiger partial charge on any atom is 0.142 e. The van der Waals surface area contributed by atoms with E-state index in [1.807, 2.05) is 6.07 Å². The van der Waals surface area contributed by atoms with Crippen molar-refractivity contribution in [2.24, 2.45) is 11.8 Å². The molecule has 122 valence electrons. The van der Waals surface area contributed by atoms with Gasteiger partial charge in [-0.25, -0.2) is 4.39 Å². The van der Waals surface area contributed by atoms with Gasteiger partial charge in [0.25, 0.3) is 0 Å². The molecule has 0 aliphatic heterocycles. The minimum absolute atomic E-state index is 0.133. The molecule has 0 saturated heterocycles. The van der Waals surface area contributed by atoms with Gasteiger partial charge in [-0.15, -0.1) is 0 Å². The molecule has 0 bridgehead atoms. The maximum absolute atomic E-state index is 13.8. The van der Waals surface area contributed by atoms with Crippen LogP contribution in [0.3, 0.4) is 0 Å². The van der Waals surface area contributed by atoms with Gasteiger partial charge in [0.1, 0.15) is 5.82 Å². The Morgan fingerprint density at radius 1 is 1.36 bits per heavy atom. The van der Waals surface area contributed by atoms with Crippen LogP contribution >= 0.6 is 11.6 Å². The Labute approximate surface area is 138 Å². The molecule has 1 aromatic carbocycles. The lowest BCUT2D eigenvalue weighted by Gasteiger charge is -2.24. The van der Waals surface area contributed by atoms with Gasteiger partial charge < -0.3 is 5.32 Å². The Bertz CT molecular complexity index is 506. The van der Waals surface area contributed by atoms with Gasteiger partial charge in [0.2, 0.25) is 0 Å². The van der Waals surface area contributed by atoms with E-state index in [9.17, 15) is 4.39 Å². The highest BCUT2D eigenvalue weighted by Gasteiger charge is 2.20. The van der Waals surface area contributed by atoms with Gasteiger partial charge in [-0.3, -0.25) is 0 Å². The van der Waals surface area contributed by atoms with Gasteiger partial charge in [0.15, 0.2) is 0 Å². The van der Waals surface area contributed by atoms with Crippen LogP contribution in [-0.4, -0.2) is 13.1 Å². The average molecular weight is 324 g/mol. The van der Waals surface area contributed by atoms with E-state index >= 15 is 0 Å². The van der Waals surface area contributed by atoms with Crippen molar-refractivity contribution in [1.29, 1.82) is 0 Å². The number of rotatable bonds is 7. The third-order valence-electron chi connectivity index (χ3n) is 4.79. The Kier molecular flexibility index (Phi) is 6.46. The molecule has 0 spiro atoms. The quantitative estimate of drug-likeness (QED) is 0.648. The molecular formula is C19H27ClFN. The second kappa shape index (κ2) is 8.12. The number of nitrogens with one attached hydrogen (secondary N) is 1. The Hall–Kier alpha value is -0.860. The summed E-state index contributed by atoms with van der Waals surface area (Å²) in [6.07, 6.45) is 5.38. The molecule has 1 nitrogen and oxygen atoms in total. The van der Waals surface area contributed by atoms with Crippen LogP contribution in [0.5, 0.6) is 0 Å². The minimum atomic E-state index is -0.350. The van der Waals surface area contributed by atoms with E-state index in [4.69, 9.17) is 11.6 Å². The van der Waals surface area contributed by atoms with Crippen LogP contribution in [0.15, 0.2) is 30.4 Å². The van der Waals surface area contributed by atoms with Gasteiger partial charge in [-0.1, -0.05) is 56.5 Å². The highest BCUT2D eigenvalue weighted by Crippen LogP contribution is 2.30. The van der Waals surface area contributed by atoms with Crippen molar-refractivity contribution in [1.82, 2.24) is 5.32 Å². The Morgan fingerprint density at radius 3 is 2.64 bits per heavy atom. The molecule has 1 saturated carbocycles. The predicted molar refractivity (Wildman–Crippen MR) is 93.0 cm³/mol. The zero-order chi connectivity index (χ0) is 16.1. The molecule has 1 aromatic rings. The third kappa shape index (κ3) is 4.57. The summed E-state index contributed by atoms with van der Waals surface area (Å²) in [7, 11) is 0. The molecule has 3 heteroatoms. The second-order valence-electron chi connectivity index (χ2n) is 6.76. The lowest BCUT2D eigenvalue weighted by molar-refractivity contribution is 0.474. The van der Waals surface area contributed by atoms with Crippen LogP contribution in [0.4, 0.5) is 4.39 Å². The number of halogens is 2. The SMILES string of the molecule is C=C(C(C)C)[C@H](CNCC1CCCC1)c1ccc(Cl)c(F)c1. The first-order valence-electron chi connectivity index (χ1n) is 8.33. The summed E-state index contributed by atoms with van der Waals surface area (Å²) in [6.45, 7) is 10.4. The molecule has 1 aliphatic rings. The highest BCUT2D eigenvalue weighted by atomic mass is 35.5. The first-order valence-corrected chi connectivity index (χ1v) is 8.71. The van der Waals surface area contributed by atoms with Gasteiger partial charge >= 0.3 is 0 Å². The predicted octanol–water partition coefficient (Wildman–Crippen LogP) is 5.55. The fourth-order valence-electron chi connectivity index (χ4n) is 3.24. The van der Waals surface area contributed by atoms with Crippen LogP contribution in [0, 0.1) is 17.7 Å². The van der Waals surface area contributed by atoms with E-state index in [-0.39, 0.29) is 16.8 Å². The summed E-state index contributed by atoms with van der Waals surface area (Å²) in [4.78, 5) is 0. The van der Waals surface area contributed by atoms with E-state index in [2.05, 4.69) is 25.7 Å². The zero-order valence-corrected chi connectivity index (χ0v) is 14.4. The van der Waals surface area contributed by atoms with Crippen molar-refractivity contribution in [2.75, 3.05) is 13.1 Å². The molecule has 1 N–H and O–H groups in total. The smallest absolute Gasteiger partial charge is 0.142 e. The fourth-order valence-corrected chi connectivity index (χ4v) is 3.36. The van der Waals surface area contributed by atoms with Crippen LogP contribution < -0.4 is 5.32 Å². The van der Waals surface area contributed by atoms with Crippen molar-refractivity contribution < 1.29 is 4.39 Å². The summed E-state index contributed by atoms with van der Waals surface area (Å²) < 4.78 is 13.8. The summed E-state index contributed by atoms with van der Waals surface area (Å²) in [5.41, 5.74) is 2.10. The lowest BCUT2D eigenvalue weighted by Crippen LogP contribution is -2.28. The Balaban J connectivity index is 2.04. The van der Waals surface area contributed by atoms with Crippen molar-refractivity contribution in [3.8, 4) is 0 Å². The summed E-state index contributed by atoms with van der Waals surface area (Å²) >= 11 is 5.80. The molecule has 1 atom stereocenters. The standard InChI is InChI=1S/C19H27ClFN/c1-13(2)14(3)17(12-22-11-15-6-4-5-7-15)16-8-9-18(20)19(21)10-16/h8-10,13,15,17,22H,3-7,11-12H2,1-2H3/t17-/m0/s1. The van der Waals surface area contributed by atoms with E-state index < -0.39 is 0 Å². The second-order valence-corrected chi connectivity index (χ2v) is 7.17. The molecule has 0 aromatic heterocycles. The van der Waals surface area contributed by atoms with Crippen LogP contribution in [-0.2, 0) is 0 Å². The highest BCUT2D eigenvalue weighted by molar-refractivity contribution is 6.30. The third-order valence-corrected chi connectivity index (χ3v) is 5.10.